The minimum Gasteiger partial charge on any atom is -0.378 e. The third-order valence-corrected chi connectivity index (χ3v) is 5.38. The number of halogens is 3. The highest BCUT2D eigenvalue weighted by atomic mass is 79.9. The topological polar surface area (TPSA) is 73.7 Å². The number of anilines is 1. The summed E-state index contributed by atoms with van der Waals surface area (Å²) in [5.74, 6) is -0.896. The Morgan fingerprint density at radius 2 is 1.67 bits per heavy atom. The van der Waals surface area contributed by atoms with E-state index in [1.54, 1.807) is 24.3 Å². The predicted molar refractivity (Wildman–Crippen MR) is 113 cm³/mol. The van der Waals surface area contributed by atoms with Crippen molar-refractivity contribution < 1.29 is 18.7 Å². The number of carbonyl (C=O) groups is 1. The number of aliphatic hydroxyl groups is 1. The largest absolute Gasteiger partial charge is 0.378 e. The van der Waals surface area contributed by atoms with E-state index in [4.69, 9.17) is 0 Å². The molecule has 0 spiro atoms. The number of nitrogens with zero attached hydrogens (tertiary/aromatic N) is 1. The molecule has 0 bridgehead atoms. The standard InChI is InChI=1S/C22H16BrF2N3O2/c23-15-3-8-18(9-4-15)26-21(29)28-27-20-19-10-7-17(25)11-13(19)12-22(20,30)14-1-5-16(24)6-2-14/h1-11,30H,12H2,(H2,26,28,29). The van der Waals surface area contributed by atoms with Crippen molar-refractivity contribution in [1.82, 2.24) is 5.43 Å². The molecule has 0 aromatic heterocycles. The fraction of sp³-hybridized carbons (Fsp3) is 0.0909. The number of nitrogens with one attached hydrogen (secondary N) is 2. The number of urea groups is 1. The Kier molecular flexibility index (Phi) is 5.36. The second-order valence-electron chi connectivity index (χ2n) is 6.88. The smallest absolute Gasteiger partial charge is 0.339 e. The van der Waals surface area contributed by atoms with Crippen LogP contribution >= 0.6 is 15.9 Å². The van der Waals surface area contributed by atoms with E-state index in [-0.39, 0.29) is 12.1 Å². The second-order valence-corrected chi connectivity index (χ2v) is 7.79. The molecule has 4 rings (SSSR count). The van der Waals surface area contributed by atoms with Crippen molar-refractivity contribution in [2.75, 3.05) is 5.32 Å². The number of rotatable bonds is 3. The van der Waals surface area contributed by atoms with Gasteiger partial charge in [-0.1, -0.05) is 28.1 Å². The Labute approximate surface area is 179 Å². The molecule has 0 saturated heterocycles. The van der Waals surface area contributed by atoms with Crippen molar-refractivity contribution in [3.8, 4) is 0 Å². The summed E-state index contributed by atoms with van der Waals surface area (Å²) in [6.45, 7) is 0. The van der Waals surface area contributed by atoms with Gasteiger partial charge in [-0.2, -0.15) is 5.10 Å². The summed E-state index contributed by atoms with van der Waals surface area (Å²) < 4.78 is 28.0. The molecule has 3 N–H and O–H groups in total. The molecular weight excluding hydrogens is 456 g/mol. The van der Waals surface area contributed by atoms with Gasteiger partial charge in [0.25, 0.3) is 0 Å². The molecule has 0 fully saturated rings. The van der Waals surface area contributed by atoms with Crippen molar-refractivity contribution in [3.05, 3.63) is 99.5 Å². The van der Waals surface area contributed by atoms with Gasteiger partial charge in [-0.3, -0.25) is 0 Å². The van der Waals surface area contributed by atoms with Crippen molar-refractivity contribution >= 4 is 33.4 Å². The summed E-state index contributed by atoms with van der Waals surface area (Å²) in [6, 6.07) is 15.8. The highest BCUT2D eigenvalue weighted by Gasteiger charge is 2.44. The van der Waals surface area contributed by atoms with Crippen LogP contribution in [0.4, 0.5) is 19.3 Å². The van der Waals surface area contributed by atoms with Gasteiger partial charge in [0, 0.05) is 22.1 Å². The first-order valence-electron chi connectivity index (χ1n) is 9.03. The first-order valence-corrected chi connectivity index (χ1v) is 9.82. The van der Waals surface area contributed by atoms with Crippen LogP contribution in [0.25, 0.3) is 0 Å². The number of amides is 2. The van der Waals surface area contributed by atoms with Gasteiger partial charge in [0.1, 0.15) is 22.9 Å². The highest BCUT2D eigenvalue weighted by Crippen LogP contribution is 2.38. The molecule has 3 aromatic rings. The Balaban J connectivity index is 1.65. The van der Waals surface area contributed by atoms with Gasteiger partial charge in [-0.15, -0.1) is 0 Å². The van der Waals surface area contributed by atoms with Crippen LogP contribution in [-0.4, -0.2) is 16.8 Å². The molecule has 8 heteroatoms. The zero-order valence-corrected chi connectivity index (χ0v) is 17.1. The second kappa shape index (κ2) is 7.97. The summed E-state index contributed by atoms with van der Waals surface area (Å²) in [5, 5.41) is 18.2. The molecule has 152 valence electrons. The van der Waals surface area contributed by atoms with Gasteiger partial charge < -0.3 is 10.4 Å². The summed E-state index contributed by atoms with van der Waals surface area (Å²) >= 11 is 3.32. The fourth-order valence-electron chi connectivity index (χ4n) is 3.44. The quantitative estimate of drug-likeness (QED) is 0.484. The van der Waals surface area contributed by atoms with E-state index >= 15 is 0 Å². The van der Waals surface area contributed by atoms with E-state index in [1.165, 1.54) is 42.5 Å². The number of hydrazone groups is 1. The average molecular weight is 472 g/mol. The molecule has 0 radical (unpaired) electrons. The molecule has 1 atom stereocenters. The molecule has 5 nitrogen and oxygen atoms in total. The average Bonchev–Trinajstić information content (AvgIpc) is 3.00. The maximum atomic E-state index is 13.7. The first kappa shape index (κ1) is 20.2. The molecule has 1 aliphatic rings. The molecular formula is C22H16BrF2N3O2. The zero-order chi connectivity index (χ0) is 21.3. The minimum atomic E-state index is -1.64. The number of benzene rings is 3. The Morgan fingerprint density at radius 1 is 1.00 bits per heavy atom. The van der Waals surface area contributed by atoms with Gasteiger partial charge >= 0.3 is 6.03 Å². The van der Waals surface area contributed by atoms with Crippen molar-refractivity contribution in [1.29, 1.82) is 0 Å². The van der Waals surface area contributed by atoms with E-state index in [0.717, 1.165) is 4.47 Å². The van der Waals surface area contributed by atoms with E-state index in [2.05, 4.69) is 31.8 Å². The Hall–Kier alpha value is -3.10. The Bertz CT molecular complexity index is 1130. The van der Waals surface area contributed by atoms with Gasteiger partial charge in [0.2, 0.25) is 0 Å². The summed E-state index contributed by atoms with van der Waals surface area (Å²) in [7, 11) is 0. The molecule has 1 aliphatic carbocycles. The van der Waals surface area contributed by atoms with E-state index in [0.29, 0.717) is 22.4 Å². The van der Waals surface area contributed by atoms with Gasteiger partial charge in [-0.05, 0) is 65.7 Å². The van der Waals surface area contributed by atoms with E-state index in [1.807, 2.05) is 0 Å². The van der Waals surface area contributed by atoms with Gasteiger partial charge in [0.05, 0.1) is 0 Å². The Morgan fingerprint density at radius 3 is 2.37 bits per heavy atom. The zero-order valence-electron chi connectivity index (χ0n) is 15.5. The molecule has 0 saturated carbocycles. The molecule has 30 heavy (non-hydrogen) atoms. The van der Waals surface area contributed by atoms with Crippen molar-refractivity contribution in [2.45, 2.75) is 12.0 Å². The van der Waals surface area contributed by atoms with Crippen LogP contribution in [0.1, 0.15) is 16.7 Å². The van der Waals surface area contributed by atoms with Crippen molar-refractivity contribution in [2.24, 2.45) is 5.10 Å². The monoisotopic (exact) mass is 471 g/mol. The minimum absolute atomic E-state index is 0.0422. The molecule has 0 aliphatic heterocycles. The summed E-state index contributed by atoms with van der Waals surface area (Å²) in [6.07, 6.45) is 0.0422. The van der Waals surface area contributed by atoms with Gasteiger partial charge in [-0.25, -0.2) is 19.0 Å². The molecule has 1 unspecified atom stereocenters. The maximum Gasteiger partial charge on any atom is 0.339 e. The number of fused-ring (bicyclic) bond motifs is 1. The highest BCUT2D eigenvalue weighted by molar-refractivity contribution is 9.10. The van der Waals surface area contributed by atoms with E-state index < -0.39 is 23.3 Å². The lowest BCUT2D eigenvalue weighted by Gasteiger charge is -2.24. The lowest BCUT2D eigenvalue weighted by Crippen LogP contribution is -2.36. The van der Waals surface area contributed by atoms with Crippen LogP contribution in [0.5, 0.6) is 0 Å². The van der Waals surface area contributed by atoms with Crippen LogP contribution in [0, 0.1) is 11.6 Å². The lowest BCUT2D eigenvalue weighted by molar-refractivity contribution is 0.117. The van der Waals surface area contributed by atoms with Crippen LogP contribution in [0.2, 0.25) is 0 Å². The van der Waals surface area contributed by atoms with Crippen molar-refractivity contribution in [3.63, 3.8) is 0 Å². The SMILES string of the molecule is O=C(NN=C1c2ccc(F)cc2CC1(O)c1ccc(F)cc1)Nc1ccc(Br)cc1. The first-order chi connectivity index (χ1) is 14.3. The fourth-order valence-corrected chi connectivity index (χ4v) is 3.70. The molecule has 3 aromatic carbocycles. The van der Waals surface area contributed by atoms with Gasteiger partial charge in [0.15, 0.2) is 0 Å². The third-order valence-electron chi connectivity index (χ3n) is 4.85. The summed E-state index contributed by atoms with van der Waals surface area (Å²) in [5.41, 5.74) is 2.86. The summed E-state index contributed by atoms with van der Waals surface area (Å²) in [4.78, 5) is 12.3. The third kappa shape index (κ3) is 3.96. The molecule has 2 amide bonds. The van der Waals surface area contributed by atoms with Crippen LogP contribution in [0.3, 0.4) is 0 Å². The molecule has 0 heterocycles. The predicted octanol–water partition coefficient (Wildman–Crippen LogP) is 4.70. The number of hydrogen-bond acceptors (Lipinski definition) is 3. The van der Waals surface area contributed by atoms with Crippen LogP contribution in [-0.2, 0) is 12.0 Å². The van der Waals surface area contributed by atoms with Crippen LogP contribution < -0.4 is 10.7 Å². The maximum absolute atomic E-state index is 13.7. The van der Waals surface area contributed by atoms with Crippen LogP contribution in [0.15, 0.2) is 76.3 Å². The lowest BCUT2D eigenvalue weighted by atomic mass is 9.89. The number of hydrogen-bond donors (Lipinski definition) is 3. The van der Waals surface area contributed by atoms with E-state index in [9.17, 15) is 18.7 Å². The normalized spacial score (nSPS) is 18.9. The number of carbonyl (C=O) groups excluding carboxylic acids is 1.